The minimum absolute atomic E-state index is 0.0807. The predicted octanol–water partition coefficient (Wildman–Crippen LogP) is 2.73. The van der Waals surface area contributed by atoms with E-state index in [2.05, 4.69) is 22.8 Å². The van der Waals surface area contributed by atoms with E-state index in [1.807, 2.05) is 42.5 Å². The Morgan fingerprint density at radius 2 is 1.75 bits per heavy atom. The van der Waals surface area contributed by atoms with Crippen molar-refractivity contribution in [1.29, 1.82) is 0 Å². The number of para-hydroxylation sites is 1. The fraction of sp³-hybridized carbons (Fsp3) is 0.235. The quantitative estimate of drug-likeness (QED) is 0.897. The third kappa shape index (κ3) is 2.82. The number of hydrogen-bond acceptors (Lipinski definition) is 2. The molecule has 1 aliphatic rings. The van der Waals surface area contributed by atoms with Crippen molar-refractivity contribution < 1.29 is 4.79 Å². The van der Waals surface area contributed by atoms with Crippen molar-refractivity contribution in [2.75, 3.05) is 5.32 Å². The second-order valence-electron chi connectivity index (χ2n) is 5.10. The van der Waals surface area contributed by atoms with Gasteiger partial charge in [0.1, 0.15) is 6.04 Å². The van der Waals surface area contributed by atoms with E-state index in [-0.39, 0.29) is 11.9 Å². The Kier molecular flexibility index (Phi) is 3.68. The number of nitrogens with one attached hydrogen (secondary N) is 2. The summed E-state index contributed by atoms with van der Waals surface area (Å²) in [6, 6.07) is 18.2. The molecule has 3 nitrogen and oxygen atoms in total. The van der Waals surface area contributed by atoms with Crippen LogP contribution < -0.4 is 10.6 Å². The normalized spacial score (nSPS) is 17.6. The fourth-order valence-corrected chi connectivity index (χ4v) is 2.53. The van der Waals surface area contributed by atoms with Crippen molar-refractivity contribution >= 4 is 11.6 Å². The first kappa shape index (κ1) is 12.7. The molecule has 3 rings (SSSR count). The maximum atomic E-state index is 12.1. The molecular formula is C17H18N2O. The van der Waals surface area contributed by atoms with Crippen LogP contribution in [0.1, 0.15) is 17.5 Å². The Morgan fingerprint density at radius 1 is 1.00 bits per heavy atom. The van der Waals surface area contributed by atoms with Crippen LogP contribution in [0.3, 0.4) is 0 Å². The minimum Gasteiger partial charge on any atom is -0.373 e. The summed E-state index contributed by atoms with van der Waals surface area (Å²) in [6.07, 6.45) is 1.69. The Hall–Kier alpha value is -2.29. The van der Waals surface area contributed by atoms with E-state index in [0.29, 0.717) is 6.54 Å². The van der Waals surface area contributed by atoms with E-state index in [1.165, 1.54) is 5.56 Å². The number of benzene rings is 2. The van der Waals surface area contributed by atoms with Gasteiger partial charge in [0, 0.05) is 12.2 Å². The molecule has 102 valence electrons. The lowest BCUT2D eigenvalue weighted by molar-refractivity contribution is -0.122. The molecule has 2 aromatic carbocycles. The molecule has 0 saturated carbocycles. The highest BCUT2D eigenvalue weighted by molar-refractivity contribution is 5.86. The highest BCUT2D eigenvalue weighted by Gasteiger charge is 2.22. The molecule has 0 fully saturated rings. The van der Waals surface area contributed by atoms with Crippen molar-refractivity contribution in [3.8, 4) is 0 Å². The van der Waals surface area contributed by atoms with E-state index < -0.39 is 0 Å². The van der Waals surface area contributed by atoms with Gasteiger partial charge < -0.3 is 10.6 Å². The number of hydrogen-bond donors (Lipinski definition) is 2. The third-order valence-electron chi connectivity index (χ3n) is 3.68. The molecule has 0 bridgehead atoms. The largest absolute Gasteiger partial charge is 0.373 e. The Balaban J connectivity index is 1.71. The minimum atomic E-state index is -0.168. The molecule has 3 heteroatoms. The zero-order chi connectivity index (χ0) is 13.8. The first-order valence-electron chi connectivity index (χ1n) is 6.99. The fourth-order valence-electron chi connectivity index (χ4n) is 2.53. The Labute approximate surface area is 119 Å². The molecule has 0 saturated heterocycles. The van der Waals surface area contributed by atoms with Gasteiger partial charge in [0.2, 0.25) is 5.91 Å². The highest BCUT2D eigenvalue weighted by atomic mass is 16.2. The number of anilines is 1. The number of carbonyl (C=O) groups excluding carboxylic acids is 1. The zero-order valence-electron chi connectivity index (χ0n) is 11.3. The van der Waals surface area contributed by atoms with Gasteiger partial charge in [0.25, 0.3) is 0 Å². The Morgan fingerprint density at radius 3 is 2.60 bits per heavy atom. The van der Waals surface area contributed by atoms with Crippen molar-refractivity contribution in [2.24, 2.45) is 0 Å². The summed E-state index contributed by atoms with van der Waals surface area (Å²) in [5.74, 6) is 0.0807. The molecule has 1 amide bonds. The number of fused-ring (bicyclic) bond motifs is 1. The topological polar surface area (TPSA) is 41.1 Å². The van der Waals surface area contributed by atoms with E-state index in [0.717, 1.165) is 24.1 Å². The monoisotopic (exact) mass is 266 g/mol. The smallest absolute Gasteiger partial charge is 0.242 e. The zero-order valence-corrected chi connectivity index (χ0v) is 11.3. The number of carbonyl (C=O) groups is 1. The molecule has 0 aromatic heterocycles. The van der Waals surface area contributed by atoms with Gasteiger partial charge in [-0.25, -0.2) is 0 Å². The number of aryl methyl sites for hydroxylation is 1. The molecule has 20 heavy (non-hydrogen) atoms. The van der Waals surface area contributed by atoms with Gasteiger partial charge in [-0.3, -0.25) is 4.79 Å². The summed E-state index contributed by atoms with van der Waals surface area (Å²) in [4.78, 5) is 12.1. The van der Waals surface area contributed by atoms with Crippen molar-refractivity contribution in [2.45, 2.75) is 25.4 Å². The summed E-state index contributed by atoms with van der Waals surface area (Å²) in [7, 11) is 0. The van der Waals surface area contributed by atoms with E-state index in [4.69, 9.17) is 0 Å². The summed E-state index contributed by atoms with van der Waals surface area (Å²) < 4.78 is 0. The van der Waals surface area contributed by atoms with Crippen molar-refractivity contribution in [3.63, 3.8) is 0 Å². The lowest BCUT2D eigenvalue weighted by Crippen LogP contribution is -2.37. The van der Waals surface area contributed by atoms with Crippen LogP contribution >= 0.6 is 0 Å². The summed E-state index contributed by atoms with van der Waals surface area (Å²) in [5.41, 5.74) is 3.46. The van der Waals surface area contributed by atoms with Gasteiger partial charge in [0.15, 0.2) is 0 Å². The molecule has 0 spiro atoms. The molecule has 0 radical (unpaired) electrons. The molecule has 1 heterocycles. The second-order valence-corrected chi connectivity index (χ2v) is 5.10. The maximum absolute atomic E-state index is 12.1. The summed E-state index contributed by atoms with van der Waals surface area (Å²) in [5, 5.41) is 6.35. The van der Waals surface area contributed by atoms with Crippen LogP contribution in [0.5, 0.6) is 0 Å². The summed E-state index contributed by atoms with van der Waals surface area (Å²) >= 11 is 0. The van der Waals surface area contributed by atoms with Gasteiger partial charge in [-0.2, -0.15) is 0 Å². The van der Waals surface area contributed by atoms with Crippen LogP contribution in [0, 0.1) is 0 Å². The van der Waals surface area contributed by atoms with Crippen LogP contribution in [0.25, 0.3) is 0 Å². The van der Waals surface area contributed by atoms with Crippen LogP contribution in [0.2, 0.25) is 0 Å². The van der Waals surface area contributed by atoms with E-state index >= 15 is 0 Å². The van der Waals surface area contributed by atoms with E-state index in [9.17, 15) is 4.79 Å². The highest BCUT2D eigenvalue weighted by Crippen LogP contribution is 2.20. The number of rotatable bonds is 3. The van der Waals surface area contributed by atoms with E-state index in [1.54, 1.807) is 0 Å². The molecule has 1 unspecified atom stereocenters. The van der Waals surface area contributed by atoms with Crippen LogP contribution in [-0.4, -0.2) is 11.9 Å². The molecule has 1 aliphatic heterocycles. The average Bonchev–Trinajstić information content (AvgIpc) is 2.66. The summed E-state index contributed by atoms with van der Waals surface area (Å²) in [6.45, 7) is 0.601. The lowest BCUT2D eigenvalue weighted by Gasteiger charge is -2.16. The average molecular weight is 266 g/mol. The molecule has 2 N–H and O–H groups in total. The number of amides is 1. The SMILES string of the molecule is O=C1NCc2ccccc2NC1CCc1ccccc1. The molecular weight excluding hydrogens is 248 g/mol. The molecule has 0 aliphatic carbocycles. The van der Waals surface area contributed by atoms with Crippen LogP contribution in [0.15, 0.2) is 54.6 Å². The van der Waals surface area contributed by atoms with Gasteiger partial charge in [-0.15, -0.1) is 0 Å². The van der Waals surface area contributed by atoms with Gasteiger partial charge in [0.05, 0.1) is 0 Å². The standard InChI is InChI=1S/C17H18N2O/c20-17-16(11-10-13-6-2-1-3-7-13)19-15-9-5-4-8-14(15)12-18-17/h1-9,16,19H,10-12H2,(H,18,20). The Bertz CT molecular complexity index is 595. The first-order chi connectivity index (χ1) is 9.83. The van der Waals surface area contributed by atoms with Crippen LogP contribution in [0.4, 0.5) is 5.69 Å². The maximum Gasteiger partial charge on any atom is 0.242 e. The van der Waals surface area contributed by atoms with Crippen molar-refractivity contribution in [1.82, 2.24) is 5.32 Å². The van der Waals surface area contributed by atoms with Gasteiger partial charge >= 0.3 is 0 Å². The third-order valence-corrected chi connectivity index (χ3v) is 3.68. The lowest BCUT2D eigenvalue weighted by atomic mass is 10.0. The molecule has 1 atom stereocenters. The predicted molar refractivity (Wildman–Crippen MR) is 80.5 cm³/mol. The van der Waals surface area contributed by atoms with Gasteiger partial charge in [-0.05, 0) is 30.0 Å². The van der Waals surface area contributed by atoms with Gasteiger partial charge in [-0.1, -0.05) is 48.5 Å². The first-order valence-corrected chi connectivity index (χ1v) is 6.99. The van der Waals surface area contributed by atoms with Crippen LogP contribution in [-0.2, 0) is 17.8 Å². The van der Waals surface area contributed by atoms with Crippen molar-refractivity contribution in [3.05, 3.63) is 65.7 Å². The molecule has 2 aromatic rings. The second kappa shape index (κ2) is 5.78.